The van der Waals surface area contributed by atoms with E-state index in [1.54, 1.807) is 6.20 Å². The molecule has 4 nitrogen and oxygen atoms in total. The molecule has 0 spiro atoms. The summed E-state index contributed by atoms with van der Waals surface area (Å²) in [5, 5.41) is 8.03. The average molecular weight is 245 g/mol. The third-order valence-electron chi connectivity index (χ3n) is 2.58. The molecule has 0 unspecified atom stereocenters. The van der Waals surface area contributed by atoms with E-state index in [4.69, 9.17) is 11.6 Å². The molecule has 0 aliphatic rings. The monoisotopic (exact) mass is 244 g/mol. The van der Waals surface area contributed by atoms with Crippen molar-refractivity contribution in [3.8, 4) is 11.4 Å². The standard InChI is InChI=1S/C12H9ClN4/c1-7-2-3-9-8(6-7)11(16-12(13)15-9)10-4-5-14-17-10/h2-6H,1H3,(H,14,17). The van der Waals surface area contributed by atoms with Crippen LogP contribution in [0.1, 0.15) is 5.56 Å². The number of fused-ring (bicyclic) bond motifs is 1. The molecule has 0 atom stereocenters. The first-order valence-electron chi connectivity index (χ1n) is 5.18. The van der Waals surface area contributed by atoms with Crippen molar-refractivity contribution in [2.75, 3.05) is 0 Å². The predicted molar refractivity (Wildman–Crippen MR) is 66.9 cm³/mol. The minimum absolute atomic E-state index is 0.242. The number of halogens is 1. The SMILES string of the molecule is Cc1ccc2nc(Cl)nc(-c3ccn[nH]3)c2c1. The Kier molecular flexibility index (Phi) is 2.30. The van der Waals surface area contributed by atoms with E-state index in [0.717, 1.165) is 27.9 Å². The number of aryl methyl sites for hydroxylation is 1. The van der Waals surface area contributed by atoms with Crippen molar-refractivity contribution in [1.82, 2.24) is 20.2 Å². The third kappa shape index (κ3) is 1.76. The van der Waals surface area contributed by atoms with E-state index in [0.29, 0.717) is 0 Å². The minimum Gasteiger partial charge on any atom is -0.276 e. The zero-order valence-corrected chi connectivity index (χ0v) is 9.86. The smallest absolute Gasteiger partial charge is 0.223 e. The Bertz CT molecular complexity index is 676. The molecule has 2 aromatic heterocycles. The van der Waals surface area contributed by atoms with Crippen molar-refractivity contribution >= 4 is 22.5 Å². The van der Waals surface area contributed by atoms with Crippen LogP contribution in [0, 0.1) is 6.92 Å². The normalized spacial score (nSPS) is 10.9. The van der Waals surface area contributed by atoms with Crippen molar-refractivity contribution in [2.24, 2.45) is 0 Å². The molecule has 1 N–H and O–H groups in total. The van der Waals surface area contributed by atoms with Gasteiger partial charge in [0.2, 0.25) is 5.28 Å². The van der Waals surface area contributed by atoms with E-state index in [1.807, 2.05) is 31.2 Å². The van der Waals surface area contributed by atoms with E-state index in [1.165, 1.54) is 0 Å². The van der Waals surface area contributed by atoms with Gasteiger partial charge in [0.15, 0.2) is 0 Å². The molecule has 0 radical (unpaired) electrons. The van der Waals surface area contributed by atoms with Gasteiger partial charge in [0.25, 0.3) is 0 Å². The highest BCUT2D eigenvalue weighted by Gasteiger charge is 2.09. The molecular formula is C12H9ClN4. The van der Waals surface area contributed by atoms with Gasteiger partial charge in [-0.3, -0.25) is 5.10 Å². The fourth-order valence-corrected chi connectivity index (χ4v) is 1.98. The summed E-state index contributed by atoms with van der Waals surface area (Å²) in [4.78, 5) is 8.48. The molecule has 0 aliphatic heterocycles. The second-order valence-electron chi connectivity index (χ2n) is 3.83. The Hall–Kier alpha value is -1.94. The second kappa shape index (κ2) is 3.82. The number of rotatable bonds is 1. The van der Waals surface area contributed by atoms with Gasteiger partial charge >= 0.3 is 0 Å². The molecule has 2 heterocycles. The van der Waals surface area contributed by atoms with Crippen LogP contribution in [0.3, 0.4) is 0 Å². The largest absolute Gasteiger partial charge is 0.276 e. The number of aromatic nitrogens is 4. The summed E-state index contributed by atoms with van der Waals surface area (Å²) in [6, 6.07) is 7.85. The van der Waals surface area contributed by atoms with Crippen molar-refractivity contribution in [2.45, 2.75) is 6.92 Å². The number of aromatic amines is 1. The van der Waals surface area contributed by atoms with Crippen LogP contribution in [0.25, 0.3) is 22.3 Å². The highest BCUT2D eigenvalue weighted by Crippen LogP contribution is 2.26. The molecule has 3 rings (SSSR count). The zero-order valence-electron chi connectivity index (χ0n) is 9.11. The first kappa shape index (κ1) is 10.2. The minimum atomic E-state index is 0.242. The fraction of sp³-hybridized carbons (Fsp3) is 0.0833. The summed E-state index contributed by atoms with van der Waals surface area (Å²) < 4.78 is 0. The van der Waals surface area contributed by atoms with Gasteiger partial charge in [-0.25, -0.2) is 9.97 Å². The molecule has 0 saturated heterocycles. The number of hydrogen-bond donors (Lipinski definition) is 1. The lowest BCUT2D eigenvalue weighted by Gasteiger charge is -2.05. The first-order chi connectivity index (χ1) is 8.24. The maximum Gasteiger partial charge on any atom is 0.223 e. The lowest BCUT2D eigenvalue weighted by Crippen LogP contribution is -1.92. The predicted octanol–water partition coefficient (Wildman–Crippen LogP) is 2.98. The number of hydrogen-bond acceptors (Lipinski definition) is 3. The third-order valence-corrected chi connectivity index (χ3v) is 2.75. The number of H-pyrrole nitrogens is 1. The molecule has 1 aromatic carbocycles. The van der Waals surface area contributed by atoms with E-state index in [9.17, 15) is 0 Å². The second-order valence-corrected chi connectivity index (χ2v) is 4.17. The first-order valence-corrected chi connectivity index (χ1v) is 5.55. The lowest BCUT2D eigenvalue weighted by atomic mass is 10.1. The molecule has 3 aromatic rings. The molecule has 0 saturated carbocycles. The van der Waals surface area contributed by atoms with Crippen molar-refractivity contribution in [3.05, 3.63) is 41.3 Å². The fourth-order valence-electron chi connectivity index (χ4n) is 1.81. The topological polar surface area (TPSA) is 54.5 Å². The summed E-state index contributed by atoms with van der Waals surface area (Å²) in [5.41, 5.74) is 3.61. The average Bonchev–Trinajstić information content (AvgIpc) is 2.82. The van der Waals surface area contributed by atoms with Gasteiger partial charge in [-0.05, 0) is 36.7 Å². The summed E-state index contributed by atoms with van der Waals surface area (Å²) >= 11 is 5.92. The number of nitrogens with one attached hydrogen (secondary N) is 1. The van der Waals surface area contributed by atoms with Crippen LogP contribution in [-0.2, 0) is 0 Å². The zero-order chi connectivity index (χ0) is 11.8. The Morgan fingerprint density at radius 2 is 2.06 bits per heavy atom. The molecule has 0 aliphatic carbocycles. The van der Waals surface area contributed by atoms with Crippen LogP contribution in [0.15, 0.2) is 30.5 Å². The molecule has 5 heteroatoms. The Morgan fingerprint density at radius 3 is 2.82 bits per heavy atom. The Labute approximate surface area is 103 Å². The summed E-state index contributed by atoms with van der Waals surface area (Å²) in [7, 11) is 0. The van der Waals surface area contributed by atoms with Gasteiger partial charge < -0.3 is 0 Å². The highest BCUT2D eigenvalue weighted by molar-refractivity contribution is 6.28. The van der Waals surface area contributed by atoms with Crippen LogP contribution in [-0.4, -0.2) is 20.2 Å². The maximum absolute atomic E-state index is 5.92. The molecule has 0 fully saturated rings. The quantitative estimate of drug-likeness (QED) is 0.670. The van der Waals surface area contributed by atoms with Crippen LogP contribution in [0.5, 0.6) is 0 Å². The Morgan fingerprint density at radius 1 is 1.18 bits per heavy atom. The van der Waals surface area contributed by atoms with Crippen LogP contribution in [0.4, 0.5) is 0 Å². The van der Waals surface area contributed by atoms with E-state index < -0.39 is 0 Å². The van der Waals surface area contributed by atoms with Crippen LogP contribution < -0.4 is 0 Å². The highest BCUT2D eigenvalue weighted by atomic mass is 35.5. The lowest BCUT2D eigenvalue weighted by molar-refractivity contribution is 1.08. The van der Waals surface area contributed by atoms with Gasteiger partial charge in [-0.15, -0.1) is 0 Å². The number of nitrogens with zero attached hydrogens (tertiary/aromatic N) is 3. The van der Waals surface area contributed by atoms with Crippen LogP contribution in [0.2, 0.25) is 5.28 Å². The summed E-state index contributed by atoms with van der Waals surface area (Å²) in [5.74, 6) is 0. The summed E-state index contributed by atoms with van der Waals surface area (Å²) in [6.07, 6.45) is 1.69. The van der Waals surface area contributed by atoms with E-state index in [2.05, 4.69) is 20.2 Å². The van der Waals surface area contributed by atoms with Gasteiger partial charge in [0.05, 0.1) is 11.2 Å². The Balaban J connectivity index is 2.39. The molecular weight excluding hydrogens is 236 g/mol. The molecule has 0 bridgehead atoms. The molecule has 0 amide bonds. The van der Waals surface area contributed by atoms with Crippen LogP contribution >= 0.6 is 11.6 Å². The van der Waals surface area contributed by atoms with Gasteiger partial charge in [0.1, 0.15) is 5.69 Å². The molecule has 84 valence electrons. The van der Waals surface area contributed by atoms with E-state index >= 15 is 0 Å². The van der Waals surface area contributed by atoms with E-state index in [-0.39, 0.29) is 5.28 Å². The van der Waals surface area contributed by atoms with Gasteiger partial charge in [-0.1, -0.05) is 11.6 Å². The summed E-state index contributed by atoms with van der Waals surface area (Å²) in [6.45, 7) is 2.03. The maximum atomic E-state index is 5.92. The number of benzene rings is 1. The van der Waals surface area contributed by atoms with Gasteiger partial charge in [-0.2, -0.15) is 5.10 Å². The van der Waals surface area contributed by atoms with Crippen molar-refractivity contribution < 1.29 is 0 Å². The van der Waals surface area contributed by atoms with Crippen molar-refractivity contribution in [1.29, 1.82) is 0 Å². The van der Waals surface area contributed by atoms with Gasteiger partial charge in [0, 0.05) is 11.6 Å². The van der Waals surface area contributed by atoms with Crippen molar-refractivity contribution in [3.63, 3.8) is 0 Å². The molecule has 17 heavy (non-hydrogen) atoms.